The van der Waals surface area contributed by atoms with Crippen LogP contribution in [0, 0.1) is 5.41 Å². The summed E-state index contributed by atoms with van der Waals surface area (Å²) in [4.78, 5) is 0. The summed E-state index contributed by atoms with van der Waals surface area (Å²) in [7, 11) is 1.37. The van der Waals surface area contributed by atoms with E-state index in [-0.39, 0.29) is 0 Å². The van der Waals surface area contributed by atoms with Crippen molar-refractivity contribution < 1.29 is 0 Å². The molecule has 0 N–H and O–H groups in total. The zero-order valence-electron chi connectivity index (χ0n) is 8.12. The molecule has 2 aliphatic carbocycles. The normalized spacial score (nSPS) is 49.4. The first-order valence-corrected chi connectivity index (χ1v) is 5.66. The van der Waals surface area contributed by atoms with E-state index in [2.05, 4.69) is 20.8 Å². The smallest absolute Gasteiger partial charge is 0.0158 e. The van der Waals surface area contributed by atoms with Crippen LogP contribution in [-0.2, 0) is 0 Å². The van der Waals surface area contributed by atoms with Crippen LogP contribution < -0.4 is 0 Å². The van der Waals surface area contributed by atoms with Gasteiger partial charge in [-0.25, -0.2) is 0 Å². The predicted molar refractivity (Wildman–Crippen MR) is 53.0 cm³/mol. The summed E-state index contributed by atoms with van der Waals surface area (Å²) in [5.74, 6) is 0. The maximum absolute atomic E-state index is 2.46. The van der Waals surface area contributed by atoms with Crippen molar-refractivity contribution in [3.8, 4) is 0 Å². The van der Waals surface area contributed by atoms with Gasteiger partial charge in [-0.1, -0.05) is 18.1 Å². The van der Waals surface area contributed by atoms with Gasteiger partial charge in [0.25, 0.3) is 0 Å². The Morgan fingerprint density at radius 3 is 2.09 bits per heavy atom. The van der Waals surface area contributed by atoms with Crippen LogP contribution in [0.2, 0.25) is 5.04 Å². The van der Waals surface area contributed by atoms with Gasteiger partial charge in [-0.15, -0.1) is 0 Å². The lowest BCUT2D eigenvalue weighted by molar-refractivity contribution is 0.425. The minimum atomic E-state index is 0.617. The highest BCUT2D eigenvalue weighted by Gasteiger charge is 2.50. The lowest BCUT2D eigenvalue weighted by Crippen LogP contribution is -2.11. The van der Waals surface area contributed by atoms with Gasteiger partial charge in [-0.05, 0) is 43.6 Å². The Morgan fingerprint density at radius 2 is 1.82 bits per heavy atom. The van der Waals surface area contributed by atoms with E-state index < -0.39 is 0 Å². The van der Waals surface area contributed by atoms with Gasteiger partial charge in [0.2, 0.25) is 0 Å². The molecule has 0 aromatic rings. The highest BCUT2D eigenvalue weighted by atomic mass is 28.1. The van der Waals surface area contributed by atoms with Crippen LogP contribution >= 0.6 is 0 Å². The SMILES string of the molecule is CC1=C(C)C2([SiH3])CCC1(C)C2. The molecular formula is C10H18Si. The fraction of sp³-hybridized carbons (Fsp3) is 0.800. The average Bonchev–Trinajstić information content (AvgIpc) is 2.32. The van der Waals surface area contributed by atoms with Crippen molar-refractivity contribution in [1.29, 1.82) is 0 Å². The summed E-state index contributed by atoms with van der Waals surface area (Å²) in [5, 5.41) is 0.721. The Bertz CT molecular complexity index is 217. The molecule has 2 unspecified atom stereocenters. The minimum absolute atomic E-state index is 0.617. The molecule has 2 bridgehead atoms. The van der Waals surface area contributed by atoms with Crippen LogP contribution in [0.25, 0.3) is 0 Å². The van der Waals surface area contributed by atoms with Gasteiger partial charge in [-0.3, -0.25) is 0 Å². The van der Waals surface area contributed by atoms with Crippen molar-refractivity contribution in [2.45, 2.75) is 45.1 Å². The molecule has 0 radical (unpaired) electrons. The molecule has 0 spiro atoms. The highest BCUT2D eigenvalue weighted by molar-refractivity contribution is 6.18. The topological polar surface area (TPSA) is 0 Å². The van der Waals surface area contributed by atoms with Gasteiger partial charge >= 0.3 is 0 Å². The van der Waals surface area contributed by atoms with Crippen LogP contribution in [0.3, 0.4) is 0 Å². The number of hydrogen-bond donors (Lipinski definition) is 0. The molecule has 1 fully saturated rings. The molecule has 2 rings (SSSR count). The largest absolute Gasteiger partial charge is 0.0713 e. The van der Waals surface area contributed by atoms with Crippen LogP contribution in [0.4, 0.5) is 0 Å². The van der Waals surface area contributed by atoms with Crippen LogP contribution in [0.5, 0.6) is 0 Å². The molecule has 0 nitrogen and oxygen atoms in total. The van der Waals surface area contributed by atoms with Crippen LogP contribution in [0.1, 0.15) is 40.0 Å². The second-order valence-electron chi connectivity index (χ2n) is 5.05. The van der Waals surface area contributed by atoms with E-state index in [0.29, 0.717) is 5.41 Å². The van der Waals surface area contributed by atoms with Gasteiger partial charge in [0.15, 0.2) is 0 Å². The fourth-order valence-electron chi connectivity index (χ4n) is 3.14. The molecule has 0 amide bonds. The molecule has 11 heavy (non-hydrogen) atoms. The van der Waals surface area contributed by atoms with Crippen molar-refractivity contribution in [1.82, 2.24) is 0 Å². The first kappa shape index (κ1) is 7.60. The van der Waals surface area contributed by atoms with E-state index in [9.17, 15) is 0 Å². The number of hydrogen-bond acceptors (Lipinski definition) is 0. The van der Waals surface area contributed by atoms with E-state index in [0.717, 1.165) is 5.04 Å². The molecule has 1 heteroatoms. The molecule has 0 aromatic carbocycles. The highest BCUT2D eigenvalue weighted by Crippen LogP contribution is 2.66. The Hall–Kier alpha value is -0.0431. The standard InChI is InChI=1S/C10H18Si/c1-7-8(2)10(11)5-4-9(7,3)6-10/h4-6H2,1-3,11H3. The Balaban J connectivity index is 2.52. The van der Waals surface area contributed by atoms with Crippen molar-refractivity contribution >= 4 is 10.2 Å². The minimum Gasteiger partial charge on any atom is -0.0713 e. The summed E-state index contributed by atoms with van der Waals surface area (Å²) in [6, 6.07) is 0. The Labute approximate surface area is 72.5 Å². The zero-order valence-corrected chi connectivity index (χ0v) is 10.1. The third-order valence-electron chi connectivity index (χ3n) is 4.38. The lowest BCUT2D eigenvalue weighted by Gasteiger charge is -2.26. The van der Waals surface area contributed by atoms with Crippen molar-refractivity contribution in [2.75, 3.05) is 0 Å². The first-order valence-electron chi connectivity index (χ1n) is 4.66. The summed E-state index contributed by atoms with van der Waals surface area (Å²) < 4.78 is 0. The third kappa shape index (κ3) is 0.752. The second-order valence-corrected chi connectivity index (χ2v) is 6.96. The molecule has 0 saturated heterocycles. The summed E-state index contributed by atoms with van der Waals surface area (Å²) in [5.41, 5.74) is 4.09. The van der Waals surface area contributed by atoms with Gasteiger partial charge in [0.05, 0.1) is 0 Å². The maximum atomic E-state index is 2.46. The van der Waals surface area contributed by atoms with Crippen LogP contribution in [0.15, 0.2) is 11.1 Å². The third-order valence-corrected chi connectivity index (χ3v) is 5.99. The van der Waals surface area contributed by atoms with E-state index >= 15 is 0 Å². The summed E-state index contributed by atoms with van der Waals surface area (Å²) in [6.45, 7) is 7.18. The Kier molecular flexibility index (Phi) is 1.26. The number of fused-ring (bicyclic) bond motifs is 2. The summed E-state index contributed by atoms with van der Waals surface area (Å²) >= 11 is 0. The molecule has 1 saturated carbocycles. The fourth-order valence-corrected chi connectivity index (χ4v) is 4.54. The molecule has 2 atom stereocenters. The van der Waals surface area contributed by atoms with Gasteiger partial charge in [0.1, 0.15) is 0 Å². The second kappa shape index (κ2) is 1.82. The van der Waals surface area contributed by atoms with Gasteiger partial charge in [0, 0.05) is 10.2 Å². The molecule has 2 aliphatic rings. The van der Waals surface area contributed by atoms with E-state index in [4.69, 9.17) is 0 Å². The van der Waals surface area contributed by atoms with Crippen molar-refractivity contribution in [3.05, 3.63) is 11.1 Å². The van der Waals surface area contributed by atoms with Gasteiger partial charge < -0.3 is 0 Å². The van der Waals surface area contributed by atoms with E-state index in [1.807, 2.05) is 0 Å². The maximum Gasteiger partial charge on any atom is 0.0158 e. The monoisotopic (exact) mass is 166 g/mol. The van der Waals surface area contributed by atoms with Crippen molar-refractivity contribution in [3.63, 3.8) is 0 Å². The lowest BCUT2D eigenvalue weighted by atomic mass is 9.82. The Morgan fingerprint density at radius 1 is 1.18 bits per heavy atom. The quantitative estimate of drug-likeness (QED) is 0.382. The predicted octanol–water partition coefficient (Wildman–Crippen LogP) is 2.05. The summed E-state index contributed by atoms with van der Waals surface area (Å²) in [6.07, 6.45) is 4.42. The van der Waals surface area contributed by atoms with Crippen LogP contribution in [-0.4, -0.2) is 10.2 Å². The van der Waals surface area contributed by atoms with E-state index in [1.54, 1.807) is 11.1 Å². The number of allylic oxidation sites excluding steroid dienone is 2. The molecule has 0 aromatic heterocycles. The molecule has 0 aliphatic heterocycles. The average molecular weight is 166 g/mol. The molecule has 0 heterocycles. The molecule has 62 valence electrons. The first-order chi connectivity index (χ1) is 4.98. The molecular weight excluding hydrogens is 148 g/mol. The van der Waals surface area contributed by atoms with E-state index in [1.165, 1.54) is 29.5 Å². The zero-order chi connectivity index (χ0) is 8.28. The van der Waals surface area contributed by atoms with Gasteiger partial charge in [-0.2, -0.15) is 0 Å². The van der Waals surface area contributed by atoms with Crippen molar-refractivity contribution in [2.24, 2.45) is 5.41 Å². The number of rotatable bonds is 0.